The summed E-state index contributed by atoms with van der Waals surface area (Å²) >= 11 is 0. The van der Waals surface area contributed by atoms with Crippen LogP contribution in [-0.2, 0) is 13.5 Å². The van der Waals surface area contributed by atoms with Crippen molar-refractivity contribution >= 4 is 17.1 Å². The number of anilines is 1. The first-order chi connectivity index (χ1) is 12.7. The van der Waals surface area contributed by atoms with Gasteiger partial charge in [0, 0.05) is 30.6 Å². The zero-order valence-corrected chi connectivity index (χ0v) is 14.4. The van der Waals surface area contributed by atoms with Crippen molar-refractivity contribution in [2.75, 3.05) is 12.3 Å². The van der Waals surface area contributed by atoms with Gasteiger partial charge in [0.15, 0.2) is 5.65 Å². The van der Waals surface area contributed by atoms with Crippen molar-refractivity contribution in [2.45, 2.75) is 6.42 Å². The maximum atomic E-state index is 5.72. The van der Waals surface area contributed by atoms with Gasteiger partial charge in [-0.3, -0.25) is 4.98 Å². The molecule has 0 saturated heterocycles. The lowest BCUT2D eigenvalue weighted by Crippen LogP contribution is -2.02. The molecule has 0 amide bonds. The summed E-state index contributed by atoms with van der Waals surface area (Å²) in [4.78, 5) is 17.3. The van der Waals surface area contributed by atoms with Crippen LogP contribution in [0, 0.1) is 0 Å². The van der Waals surface area contributed by atoms with Crippen LogP contribution in [0.1, 0.15) is 5.56 Å². The summed E-state index contributed by atoms with van der Waals surface area (Å²) < 4.78 is 1.93. The van der Waals surface area contributed by atoms with Gasteiger partial charge in [0.1, 0.15) is 11.3 Å². The van der Waals surface area contributed by atoms with Crippen LogP contribution >= 0.6 is 0 Å². The van der Waals surface area contributed by atoms with E-state index in [0.717, 1.165) is 28.9 Å². The molecule has 0 aliphatic carbocycles. The minimum Gasteiger partial charge on any atom is -0.368 e. The van der Waals surface area contributed by atoms with E-state index < -0.39 is 0 Å². The van der Waals surface area contributed by atoms with E-state index in [1.807, 2.05) is 23.9 Å². The number of imidazole rings is 1. The molecule has 4 N–H and O–H groups in total. The normalized spacial score (nSPS) is 11.2. The molecule has 130 valence electrons. The van der Waals surface area contributed by atoms with Crippen LogP contribution in [0.25, 0.3) is 33.7 Å². The van der Waals surface area contributed by atoms with Gasteiger partial charge in [-0.05, 0) is 30.2 Å². The highest BCUT2D eigenvalue weighted by atomic mass is 15.1. The van der Waals surface area contributed by atoms with Crippen LogP contribution < -0.4 is 11.5 Å². The number of fused-ring (bicyclic) bond motifs is 1. The summed E-state index contributed by atoms with van der Waals surface area (Å²) in [5.74, 6) is 1.03. The van der Waals surface area contributed by atoms with E-state index in [-0.39, 0.29) is 5.95 Å². The molecule has 26 heavy (non-hydrogen) atoms. The van der Waals surface area contributed by atoms with Crippen molar-refractivity contribution in [1.29, 1.82) is 0 Å². The number of pyridine rings is 1. The van der Waals surface area contributed by atoms with Crippen molar-refractivity contribution < 1.29 is 0 Å². The summed E-state index contributed by atoms with van der Waals surface area (Å²) in [7, 11) is 1.92. The van der Waals surface area contributed by atoms with Crippen molar-refractivity contribution in [3.63, 3.8) is 0 Å². The first-order valence-electron chi connectivity index (χ1n) is 8.36. The summed E-state index contributed by atoms with van der Waals surface area (Å²) in [6.07, 6.45) is 6.13. The average molecular weight is 345 g/mol. The quantitative estimate of drug-likeness (QED) is 0.587. The number of rotatable bonds is 4. The smallest absolute Gasteiger partial charge is 0.222 e. The lowest BCUT2D eigenvalue weighted by molar-refractivity contribution is 0.940. The maximum absolute atomic E-state index is 5.72. The first-order valence-corrected chi connectivity index (χ1v) is 8.36. The molecule has 0 fully saturated rings. The Morgan fingerprint density at radius 2 is 1.81 bits per heavy atom. The maximum Gasteiger partial charge on any atom is 0.222 e. The van der Waals surface area contributed by atoms with Gasteiger partial charge in [-0.1, -0.05) is 24.3 Å². The van der Waals surface area contributed by atoms with Crippen LogP contribution in [0.5, 0.6) is 0 Å². The number of hydrogen-bond acceptors (Lipinski definition) is 6. The monoisotopic (exact) mass is 345 g/mol. The fourth-order valence-corrected chi connectivity index (χ4v) is 3.07. The van der Waals surface area contributed by atoms with Gasteiger partial charge in [0.25, 0.3) is 0 Å². The molecular formula is C19H19N7. The molecular weight excluding hydrogens is 326 g/mol. The Morgan fingerprint density at radius 3 is 2.58 bits per heavy atom. The topological polar surface area (TPSA) is 109 Å². The molecule has 0 bridgehead atoms. The highest BCUT2D eigenvalue weighted by Crippen LogP contribution is 2.32. The molecule has 4 rings (SSSR count). The molecule has 4 aromatic rings. The second kappa shape index (κ2) is 6.53. The summed E-state index contributed by atoms with van der Waals surface area (Å²) in [6.45, 7) is 0.640. The molecule has 0 unspecified atom stereocenters. The van der Waals surface area contributed by atoms with Crippen molar-refractivity contribution in [3.05, 3.63) is 54.5 Å². The minimum absolute atomic E-state index is 0.234. The Labute approximate surface area is 150 Å². The molecule has 7 nitrogen and oxygen atoms in total. The Hall–Kier alpha value is -3.32. The van der Waals surface area contributed by atoms with Gasteiger partial charge < -0.3 is 16.0 Å². The van der Waals surface area contributed by atoms with E-state index >= 15 is 0 Å². The molecule has 3 aromatic heterocycles. The van der Waals surface area contributed by atoms with Crippen LogP contribution in [0.2, 0.25) is 0 Å². The Kier molecular flexibility index (Phi) is 4.06. The number of aryl methyl sites for hydroxylation is 1. The van der Waals surface area contributed by atoms with E-state index in [1.165, 1.54) is 5.56 Å². The third kappa shape index (κ3) is 2.78. The second-order valence-electron chi connectivity index (χ2n) is 6.09. The third-order valence-electron chi connectivity index (χ3n) is 4.39. The number of nitrogen functional groups attached to an aromatic ring is 1. The highest BCUT2D eigenvalue weighted by molar-refractivity contribution is 5.84. The lowest BCUT2D eigenvalue weighted by Gasteiger charge is -2.10. The first kappa shape index (κ1) is 16.2. The van der Waals surface area contributed by atoms with Gasteiger partial charge in [-0.15, -0.1) is 0 Å². The third-order valence-corrected chi connectivity index (χ3v) is 4.39. The number of nitrogens with zero attached hydrogens (tertiary/aromatic N) is 5. The Morgan fingerprint density at radius 1 is 1.00 bits per heavy atom. The summed E-state index contributed by atoms with van der Waals surface area (Å²) in [5.41, 5.74) is 17.0. The van der Waals surface area contributed by atoms with Gasteiger partial charge in [0.2, 0.25) is 5.95 Å². The molecule has 0 radical (unpaired) electrons. The number of aromatic nitrogens is 5. The molecule has 7 heteroatoms. The van der Waals surface area contributed by atoms with Crippen LogP contribution in [0.3, 0.4) is 0 Å². The molecule has 0 aliphatic heterocycles. The molecule has 0 spiro atoms. The number of nitrogens with two attached hydrogens (primary N) is 2. The fourth-order valence-electron chi connectivity index (χ4n) is 3.07. The lowest BCUT2D eigenvalue weighted by atomic mass is 9.99. The standard InChI is InChI=1S/C19H19N7/c1-26-17(24-16-11-23-19(21)25-18(16)26)14-7-9-22-10-15(14)13-4-2-12(3-5-13)6-8-20/h2-5,7,9-11H,6,8,20H2,1H3,(H2,21,23,25). The van der Waals surface area contributed by atoms with Crippen molar-refractivity contribution in [1.82, 2.24) is 24.5 Å². The zero-order valence-electron chi connectivity index (χ0n) is 14.4. The Balaban J connectivity index is 1.85. The van der Waals surface area contributed by atoms with E-state index in [4.69, 9.17) is 16.5 Å². The second-order valence-corrected chi connectivity index (χ2v) is 6.09. The summed E-state index contributed by atoms with van der Waals surface area (Å²) in [6, 6.07) is 10.3. The van der Waals surface area contributed by atoms with E-state index in [1.54, 1.807) is 12.4 Å². The molecule has 0 aliphatic rings. The minimum atomic E-state index is 0.234. The van der Waals surface area contributed by atoms with E-state index in [2.05, 4.69) is 39.2 Å². The van der Waals surface area contributed by atoms with Gasteiger partial charge in [0.05, 0.1) is 6.20 Å². The van der Waals surface area contributed by atoms with E-state index in [0.29, 0.717) is 17.7 Å². The Bertz CT molecular complexity index is 1070. The fraction of sp³-hybridized carbons (Fsp3) is 0.158. The van der Waals surface area contributed by atoms with Crippen LogP contribution in [0.15, 0.2) is 48.9 Å². The molecule has 1 aromatic carbocycles. The predicted molar refractivity (Wildman–Crippen MR) is 102 cm³/mol. The zero-order chi connectivity index (χ0) is 18.1. The summed E-state index contributed by atoms with van der Waals surface area (Å²) in [5, 5.41) is 0. The average Bonchev–Trinajstić information content (AvgIpc) is 2.99. The number of hydrogen-bond donors (Lipinski definition) is 2. The number of benzene rings is 1. The highest BCUT2D eigenvalue weighted by Gasteiger charge is 2.16. The predicted octanol–water partition coefficient (Wildman–Crippen LogP) is 2.18. The largest absolute Gasteiger partial charge is 0.368 e. The van der Waals surface area contributed by atoms with Crippen LogP contribution in [0.4, 0.5) is 5.95 Å². The van der Waals surface area contributed by atoms with Crippen LogP contribution in [-0.4, -0.2) is 31.0 Å². The molecule has 3 heterocycles. The van der Waals surface area contributed by atoms with Gasteiger partial charge in [-0.2, -0.15) is 4.98 Å². The SMILES string of the molecule is Cn1c(-c2ccncc2-c2ccc(CCN)cc2)nc2cnc(N)nc21. The van der Waals surface area contributed by atoms with Crippen molar-refractivity contribution in [3.8, 4) is 22.5 Å². The van der Waals surface area contributed by atoms with Gasteiger partial charge in [-0.25, -0.2) is 9.97 Å². The van der Waals surface area contributed by atoms with Gasteiger partial charge >= 0.3 is 0 Å². The van der Waals surface area contributed by atoms with Crippen molar-refractivity contribution in [2.24, 2.45) is 12.8 Å². The molecule has 0 atom stereocenters. The molecule has 0 saturated carbocycles. The van der Waals surface area contributed by atoms with E-state index in [9.17, 15) is 0 Å².